The molecule has 0 unspecified atom stereocenters. The summed E-state index contributed by atoms with van der Waals surface area (Å²) in [4.78, 5) is 9.25. The number of carboxylic acids is 1. The van der Waals surface area contributed by atoms with Gasteiger partial charge in [0, 0.05) is 0 Å². The zero-order valence-corrected chi connectivity index (χ0v) is 6.36. The lowest BCUT2D eigenvalue weighted by Crippen LogP contribution is -2.43. The molecule has 0 aliphatic carbocycles. The first-order chi connectivity index (χ1) is 4.06. The molecule has 0 saturated carbocycles. The maximum absolute atomic E-state index is 10.3. The average Bonchev–Trinajstić information content (AvgIpc) is 1.86. The quantitative estimate of drug-likeness (QED) is 0.573. The minimum atomic E-state index is -1.08. The van der Waals surface area contributed by atoms with Crippen molar-refractivity contribution in [3.63, 3.8) is 0 Å². The van der Waals surface area contributed by atoms with Crippen molar-refractivity contribution in [2.75, 3.05) is 6.26 Å². The van der Waals surface area contributed by atoms with Gasteiger partial charge >= 0.3 is 5.97 Å². The minimum Gasteiger partial charge on any atom is -0.479 e. The minimum absolute atomic E-state index is 0.448. The van der Waals surface area contributed by atoms with Gasteiger partial charge in [0.15, 0.2) is 4.87 Å². The second-order valence-corrected chi connectivity index (χ2v) is 2.89. The standard InChI is InChI=1S/C5H11NO2S/c1-3-5(6,9-2)4(7)8/h3,6H2,1-2H3,(H,7,8)/t5-/m0/s1. The van der Waals surface area contributed by atoms with Gasteiger partial charge in [-0.2, -0.15) is 0 Å². The zero-order chi connectivity index (χ0) is 7.49. The number of rotatable bonds is 3. The molecule has 0 aromatic carbocycles. The molecule has 0 rings (SSSR count). The highest BCUT2D eigenvalue weighted by Crippen LogP contribution is 2.19. The van der Waals surface area contributed by atoms with Crippen molar-refractivity contribution >= 4 is 17.7 Å². The number of hydrogen-bond donors (Lipinski definition) is 2. The molecule has 0 aliphatic rings. The molecule has 3 N–H and O–H groups in total. The van der Waals surface area contributed by atoms with Crippen LogP contribution >= 0.6 is 11.8 Å². The highest BCUT2D eigenvalue weighted by molar-refractivity contribution is 8.00. The molecule has 0 saturated heterocycles. The summed E-state index contributed by atoms with van der Waals surface area (Å²) >= 11 is 1.16. The number of thioether (sulfide) groups is 1. The van der Waals surface area contributed by atoms with E-state index < -0.39 is 10.8 Å². The van der Waals surface area contributed by atoms with E-state index in [9.17, 15) is 4.79 Å². The van der Waals surface area contributed by atoms with Crippen molar-refractivity contribution in [2.45, 2.75) is 18.2 Å². The molecule has 0 amide bonds. The Kier molecular flexibility index (Phi) is 3.00. The maximum Gasteiger partial charge on any atom is 0.334 e. The fourth-order valence-electron chi connectivity index (χ4n) is 0.383. The van der Waals surface area contributed by atoms with E-state index in [1.165, 1.54) is 0 Å². The summed E-state index contributed by atoms with van der Waals surface area (Å²) in [7, 11) is 0. The Hall–Kier alpha value is -0.220. The third-order valence-electron chi connectivity index (χ3n) is 1.25. The van der Waals surface area contributed by atoms with Crippen LogP contribution in [-0.2, 0) is 4.79 Å². The molecule has 9 heavy (non-hydrogen) atoms. The molecule has 3 nitrogen and oxygen atoms in total. The second kappa shape index (κ2) is 3.08. The van der Waals surface area contributed by atoms with Crippen molar-refractivity contribution in [3.8, 4) is 0 Å². The van der Waals surface area contributed by atoms with Gasteiger partial charge in [-0.3, -0.25) is 0 Å². The van der Waals surface area contributed by atoms with Crippen molar-refractivity contribution in [1.82, 2.24) is 0 Å². The van der Waals surface area contributed by atoms with Crippen LogP contribution in [0.4, 0.5) is 0 Å². The molecule has 0 aliphatic heterocycles. The van der Waals surface area contributed by atoms with E-state index in [-0.39, 0.29) is 0 Å². The molecule has 0 aromatic heterocycles. The molecule has 0 aromatic rings. The Morgan fingerprint density at radius 1 is 1.89 bits per heavy atom. The number of hydrogen-bond acceptors (Lipinski definition) is 3. The fraction of sp³-hybridized carbons (Fsp3) is 0.800. The zero-order valence-electron chi connectivity index (χ0n) is 5.55. The third-order valence-corrected chi connectivity index (χ3v) is 2.44. The van der Waals surface area contributed by atoms with E-state index in [0.717, 1.165) is 11.8 Å². The molecule has 0 spiro atoms. The van der Waals surface area contributed by atoms with Gasteiger partial charge < -0.3 is 10.8 Å². The fourth-order valence-corrected chi connectivity index (χ4v) is 0.846. The molecular formula is C5H11NO2S. The first-order valence-corrected chi connectivity index (χ1v) is 3.86. The van der Waals surface area contributed by atoms with E-state index in [0.29, 0.717) is 6.42 Å². The first-order valence-electron chi connectivity index (χ1n) is 2.64. The van der Waals surface area contributed by atoms with Gasteiger partial charge in [0.25, 0.3) is 0 Å². The molecule has 1 atom stereocenters. The Balaban J connectivity index is 4.09. The van der Waals surface area contributed by atoms with Gasteiger partial charge in [-0.05, 0) is 12.7 Å². The summed E-state index contributed by atoms with van der Waals surface area (Å²) in [6, 6.07) is 0. The number of aliphatic carboxylic acids is 1. The Morgan fingerprint density at radius 3 is 2.33 bits per heavy atom. The Bertz CT molecular complexity index is 112. The summed E-state index contributed by atoms with van der Waals surface area (Å²) in [6.45, 7) is 1.75. The summed E-state index contributed by atoms with van der Waals surface area (Å²) in [5.41, 5.74) is 5.40. The number of carbonyl (C=O) groups is 1. The smallest absolute Gasteiger partial charge is 0.334 e. The predicted molar refractivity (Wildman–Crippen MR) is 38.4 cm³/mol. The van der Waals surface area contributed by atoms with Crippen LogP contribution in [-0.4, -0.2) is 22.2 Å². The summed E-state index contributed by atoms with van der Waals surface area (Å²) in [6.07, 6.45) is 2.14. The van der Waals surface area contributed by atoms with Gasteiger partial charge in [-0.15, -0.1) is 11.8 Å². The average molecular weight is 149 g/mol. The largest absolute Gasteiger partial charge is 0.479 e. The first kappa shape index (κ1) is 8.78. The monoisotopic (exact) mass is 149 g/mol. The molecule has 0 heterocycles. The Morgan fingerprint density at radius 2 is 2.33 bits per heavy atom. The number of carboxylic acid groups (broad SMARTS) is 1. The van der Waals surface area contributed by atoms with Crippen LogP contribution in [0, 0.1) is 0 Å². The van der Waals surface area contributed by atoms with Gasteiger partial charge in [0.2, 0.25) is 0 Å². The lowest BCUT2D eigenvalue weighted by molar-refractivity contribution is -0.139. The third kappa shape index (κ3) is 1.87. The number of nitrogens with two attached hydrogens (primary N) is 1. The summed E-state index contributed by atoms with van der Waals surface area (Å²) < 4.78 is 0. The summed E-state index contributed by atoms with van der Waals surface area (Å²) in [5.74, 6) is -0.947. The van der Waals surface area contributed by atoms with Gasteiger partial charge in [-0.25, -0.2) is 4.79 Å². The topological polar surface area (TPSA) is 63.3 Å². The van der Waals surface area contributed by atoms with E-state index >= 15 is 0 Å². The maximum atomic E-state index is 10.3. The lowest BCUT2D eigenvalue weighted by atomic mass is 10.2. The normalized spacial score (nSPS) is 16.8. The van der Waals surface area contributed by atoms with E-state index in [2.05, 4.69) is 0 Å². The predicted octanol–water partition coefficient (Wildman–Crippen LogP) is 0.499. The van der Waals surface area contributed by atoms with Gasteiger partial charge in [0.1, 0.15) is 0 Å². The van der Waals surface area contributed by atoms with Crippen molar-refractivity contribution in [3.05, 3.63) is 0 Å². The molecule has 54 valence electrons. The highest BCUT2D eigenvalue weighted by Gasteiger charge is 2.30. The van der Waals surface area contributed by atoms with Gasteiger partial charge in [0.05, 0.1) is 0 Å². The lowest BCUT2D eigenvalue weighted by Gasteiger charge is -2.18. The van der Waals surface area contributed by atoms with E-state index in [1.54, 1.807) is 13.2 Å². The van der Waals surface area contributed by atoms with Crippen LogP contribution in [0.25, 0.3) is 0 Å². The van der Waals surface area contributed by atoms with Crippen LogP contribution in [0.1, 0.15) is 13.3 Å². The van der Waals surface area contributed by atoms with Crippen LogP contribution < -0.4 is 5.73 Å². The molecule has 0 radical (unpaired) electrons. The molecule has 0 fully saturated rings. The molecule has 0 bridgehead atoms. The van der Waals surface area contributed by atoms with E-state index in [1.807, 2.05) is 0 Å². The Labute approximate surface area is 58.6 Å². The van der Waals surface area contributed by atoms with Crippen LogP contribution in [0.5, 0.6) is 0 Å². The second-order valence-electron chi connectivity index (χ2n) is 1.75. The van der Waals surface area contributed by atoms with Crippen LogP contribution in [0.15, 0.2) is 0 Å². The van der Waals surface area contributed by atoms with Crippen LogP contribution in [0.2, 0.25) is 0 Å². The van der Waals surface area contributed by atoms with Crippen LogP contribution in [0.3, 0.4) is 0 Å². The molecular weight excluding hydrogens is 138 g/mol. The van der Waals surface area contributed by atoms with Gasteiger partial charge in [-0.1, -0.05) is 6.92 Å². The highest BCUT2D eigenvalue weighted by atomic mass is 32.2. The van der Waals surface area contributed by atoms with E-state index in [4.69, 9.17) is 10.8 Å². The van der Waals surface area contributed by atoms with Crippen molar-refractivity contribution < 1.29 is 9.90 Å². The molecule has 4 heteroatoms. The van der Waals surface area contributed by atoms with Crippen molar-refractivity contribution in [2.24, 2.45) is 5.73 Å². The van der Waals surface area contributed by atoms with Crippen molar-refractivity contribution in [1.29, 1.82) is 0 Å². The SMILES string of the molecule is CC[C@](N)(SC)C(=O)O. The summed E-state index contributed by atoms with van der Waals surface area (Å²) in [5, 5.41) is 8.49.